The van der Waals surface area contributed by atoms with E-state index in [2.05, 4.69) is 42.4 Å². The summed E-state index contributed by atoms with van der Waals surface area (Å²) in [5.74, 6) is -0.0998. The topological polar surface area (TPSA) is 77.6 Å². The number of amides is 1. The molecule has 1 unspecified atom stereocenters. The van der Waals surface area contributed by atoms with Crippen LogP contribution in [-0.2, 0) is 13.5 Å². The second-order valence-corrected chi connectivity index (χ2v) is 8.88. The van der Waals surface area contributed by atoms with Crippen LogP contribution in [0.15, 0.2) is 42.7 Å². The van der Waals surface area contributed by atoms with E-state index in [1.807, 2.05) is 46.9 Å². The number of carbonyl (C=O) groups is 1. The summed E-state index contributed by atoms with van der Waals surface area (Å²) in [6.45, 7) is 6.20. The first-order valence-corrected chi connectivity index (χ1v) is 11.2. The molecule has 32 heavy (non-hydrogen) atoms. The summed E-state index contributed by atoms with van der Waals surface area (Å²) in [6, 6.07) is 10.1. The monoisotopic (exact) mass is 428 g/mol. The summed E-state index contributed by atoms with van der Waals surface area (Å²) in [4.78, 5) is 18.5. The highest BCUT2D eigenvalue weighted by molar-refractivity contribution is 6.06. The number of hydrogen-bond donors (Lipinski definition) is 1. The Labute approximate surface area is 187 Å². The summed E-state index contributed by atoms with van der Waals surface area (Å²) in [6.07, 6.45) is 6.58. The van der Waals surface area contributed by atoms with Crippen molar-refractivity contribution in [2.75, 3.05) is 0 Å². The van der Waals surface area contributed by atoms with Crippen LogP contribution in [0.4, 0.5) is 0 Å². The zero-order valence-electron chi connectivity index (χ0n) is 19.0. The number of rotatable bonds is 4. The summed E-state index contributed by atoms with van der Waals surface area (Å²) in [7, 11) is 1.96. The molecule has 0 fully saturated rings. The van der Waals surface area contributed by atoms with Crippen molar-refractivity contribution in [3.05, 3.63) is 65.1 Å². The Morgan fingerprint density at radius 3 is 2.78 bits per heavy atom. The fourth-order valence-corrected chi connectivity index (χ4v) is 4.67. The van der Waals surface area contributed by atoms with Gasteiger partial charge in [0, 0.05) is 29.9 Å². The first kappa shape index (κ1) is 20.4. The van der Waals surface area contributed by atoms with Crippen molar-refractivity contribution in [2.24, 2.45) is 7.05 Å². The molecular formula is C25H28N6O. The Hall–Kier alpha value is -3.48. The Balaban J connectivity index is 1.60. The highest BCUT2D eigenvalue weighted by Crippen LogP contribution is 2.31. The summed E-state index contributed by atoms with van der Waals surface area (Å²) in [5.41, 5.74) is 6.59. The molecule has 7 heteroatoms. The molecule has 1 N–H and O–H groups in total. The lowest BCUT2D eigenvalue weighted by Gasteiger charge is -2.24. The normalized spacial score (nSPS) is 15.8. The van der Waals surface area contributed by atoms with Gasteiger partial charge in [-0.3, -0.25) is 9.48 Å². The molecule has 0 aliphatic heterocycles. The van der Waals surface area contributed by atoms with Crippen molar-refractivity contribution in [2.45, 2.75) is 52.1 Å². The average molecular weight is 429 g/mol. The highest BCUT2D eigenvalue weighted by Gasteiger charge is 2.27. The molecule has 0 radical (unpaired) electrons. The predicted molar refractivity (Wildman–Crippen MR) is 124 cm³/mol. The van der Waals surface area contributed by atoms with E-state index in [0.717, 1.165) is 52.7 Å². The van der Waals surface area contributed by atoms with E-state index in [-0.39, 0.29) is 18.0 Å². The van der Waals surface area contributed by atoms with E-state index in [1.54, 1.807) is 6.20 Å². The second-order valence-electron chi connectivity index (χ2n) is 8.88. The Morgan fingerprint density at radius 2 is 2.00 bits per heavy atom. The van der Waals surface area contributed by atoms with Gasteiger partial charge in [-0.2, -0.15) is 10.2 Å². The van der Waals surface area contributed by atoms with Gasteiger partial charge in [-0.15, -0.1) is 0 Å². The molecule has 3 aromatic heterocycles. The minimum Gasteiger partial charge on any atom is -0.345 e. The molecule has 1 amide bonds. The number of fused-ring (bicyclic) bond motifs is 2. The van der Waals surface area contributed by atoms with Gasteiger partial charge in [0.25, 0.3) is 5.91 Å². The highest BCUT2D eigenvalue weighted by atomic mass is 16.1. The van der Waals surface area contributed by atoms with Crippen LogP contribution >= 0.6 is 0 Å². The van der Waals surface area contributed by atoms with Crippen molar-refractivity contribution in [1.29, 1.82) is 0 Å². The van der Waals surface area contributed by atoms with Crippen LogP contribution in [0.3, 0.4) is 0 Å². The number of carbonyl (C=O) groups excluding carboxylic acids is 1. The van der Waals surface area contributed by atoms with E-state index in [0.29, 0.717) is 5.56 Å². The fourth-order valence-electron chi connectivity index (χ4n) is 4.67. The zero-order valence-corrected chi connectivity index (χ0v) is 19.0. The van der Waals surface area contributed by atoms with Gasteiger partial charge in [0.1, 0.15) is 0 Å². The third kappa shape index (κ3) is 3.38. The molecule has 1 aliphatic rings. The first-order valence-electron chi connectivity index (χ1n) is 11.2. The van der Waals surface area contributed by atoms with E-state index in [9.17, 15) is 4.79 Å². The van der Waals surface area contributed by atoms with Gasteiger partial charge in [-0.05, 0) is 51.7 Å². The molecule has 7 nitrogen and oxygen atoms in total. The van der Waals surface area contributed by atoms with Gasteiger partial charge in [-0.1, -0.05) is 24.3 Å². The van der Waals surface area contributed by atoms with Gasteiger partial charge in [-0.25, -0.2) is 9.67 Å². The Morgan fingerprint density at radius 1 is 1.19 bits per heavy atom. The average Bonchev–Trinajstić information content (AvgIpc) is 3.38. The van der Waals surface area contributed by atoms with Crippen molar-refractivity contribution >= 4 is 16.9 Å². The predicted octanol–water partition coefficient (Wildman–Crippen LogP) is 4.53. The van der Waals surface area contributed by atoms with E-state index < -0.39 is 0 Å². The third-order valence-corrected chi connectivity index (χ3v) is 6.40. The van der Waals surface area contributed by atoms with Gasteiger partial charge >= 0.3 is 0 Å². The van der Waals surface area contributed by atoms with Gasteiger partial charge in [0.2, 0.25) is 0 Å². The number of hydrogen-bond acceptors (Lipinski definition) is 4. The number of aryl methyl sites for hydroxylation is 2. The largest absolute Gasteiger partial charge is 0.345 e. The number of pyridine rings is 1. The Kier molecular flexibility index (Phi) is 5.04. The quantitative estimate of drug-likeness (QED) is 0.518. The molecule has 0 bridgehead atoms. The van der Waals surface area contributed by atoms with Crippen molar-refractivity contribution < 1.29 is 4.79 Å². The van der Waals surface area contributed by atoms with E-state index in [4.69, 9.17) is 4.98 Å². The Bertz CT molecular complexity index is 1320. The summed E-state index contributed by atoms with van der Waals surface area (Å²) in [5, 5.41) is 13.0. The van der Waals surface area contributed by atoms with Gasteiger partial charge in [0.05, 0.1) is 35.1 Å². The molecule has 3 heterocycles. The van der Waals surface area contributed by atoms with Gasteiger partial charge < -0.3 is 5.32 Å². The lowest BCUT2D eigenvalue weighted by molar-refractivity contribution is 0.0934. The number of aromatic nitrogens is 5. The zero-order chi connectivity index (χ0) is 22.4. The maximum absolute atomic E-state index is 13.6. The summed E-state index contributed by atoms with van der Waals surface area (Å²) >= 11 is 0. The van der Waals surface area contributed by atoms with Gasteiger partial charge in [0.15, 0.2) is 5.65 Å². The molecule has 164 valence electrons. The number of benzene rings is 1. The van der Waals surface area contributed by atoms with Crippen LogP contribution in [0, 0.1) is 6.92 Å². The molecular weight excluding hydrogens is 400 g/mol. The molecule has 1 atom stereocenters. The fraction of sp³-hybridized carbons (Fsp3) is 0.360. The number of nitrogens with zero attached hydrogens (tertiary/aromatic N) is 5. The van der Waals surface area contributed by atoms with Crippen molar-refractivity contribution in [3.8, 4) is 11.3 Å². The second kappa shape index (κ2) is 7.89. The minimum atomic E-state index is -0.0998. The molecule has 0 spiro atoms. The van der Waals surface area contributed by atoms with E-state index >= 15 is 0 Å². The summed E-state index contributed by atoms with van der Waals surface area (Å²) < 4.78 is 3.80. The third-order valence-electron chi connectivity index (χ3n) is 6.40. The van der Waals surface area contributed by atoms with Crippen LogP contribution in [0.2, 0.25) is 0 Å². The number of nitrogens with one attached hydrogen (secondary N) is 1. The van der Waals surface area contributed by atoms with E-state index in [1.165, 1.54) is 5.69 Å². The molecule has 0 saturated carbocycles. The smallest absolute Gasteiger partial charge is 0.252 e. The van der Waals surface area contributed by atoms with Crippen molar-refractivity contribution in [1.82, 2.24) is 29.9 Å². The van der Waals surface area contributed by atoms with Crippen LogP contribution < -0.4 is 5.32 Å². The molecule has 0 saturated heterocycles. The minimum absolute atomic E-state index is 0.0368. The van der Waals surface area contributed by atoms with Crippen LogP contribution in [-0.4, -0.2) is 30.5 Å². The first-order chi connectivity index (χ1) is 15.4. The van der Waals surface area contributed by atoms with Crippen LogP contribution in [0.1, 0.15) is 66.0 Å². The lowest BCUT2D eigenvalue weighted by Crippen LogP contribution is -2.31. The maximum Gasteiger partial charge on any atom is 0.252 e. The van der Waals surface area contributed by atoms with Crippen LogP contribution in [0.25, 0.3) is 22.3 Å². The van der Waals surface area contributed by atoms with Crippen LogP contribution in [0.5, 0.6) is 0 Å². The molecule has 5 rings (SSSR count). The SMILES string of the molecule is Cc1ccccc1-c1cc(C(=O)NC2CCCc3c2cnn3C)c2cnn(C(C)C)c2n1. The molecule has 4 aromatic rings. The molecule has 1 aromatic carbocycles. The lowest BCUT2D eigenvalue weighted by atomic mass is 9.92. The maximum atomic E-state index is 13.6. The van der Waals surface area contributed by atoms with Crippen molar-refractivity contribution in [3.63, 3.8) is 0 Å². The molecule has 1 aliphatic carbocycles. The standard InChI is InChI=1S/C25H28N6O/c1-15(2)31-24-19(13-27-31)18(12-22(28-24)17-9-6-5-8-16(17)3)25(32)29-21-10-7-11-23-20(21)14-26-30(23)4/h5-6,8-9,12-15,21H,7,10-11H2,1-4H3,(H,29,32).